The SMILES string of the molecule is CC(C)(C)CC(=O)Nc1ccc(S(=O)(=O)NC(C)(C)C)cc1. The van der Waals surface area contributed by atoms with Gasteiger partial charge in [0.1, 0.15) is 0 Å². The van der Waals surface area contributed by atoms with E-state index < -0.39 is 15.6 Å². The largest absolute Gasteiger partial charge is 0.326 e. The Bertz CT molecular complexity index is 621. The molecule has 0 saturated heterocycles. The second-order valence-electron chi connectivity index (χ2n) is 7.67. The van der Waals surface area contributed by atoms with E-state index in [2.05, 4.69) is 10.0 Å². The van der Waals surface area contributed by atoms with Crippen molar-refractivity contribution in [2.24, 2.45) is 5.41 Å². The van der Waals surface area contributed by atoms with Crippen LogP contribution in [0.1, 0.15) is 48.0 Å². The van der Waals surface area contributed by atoms with Crippen LogP contribution < -0.4 is 10.0 Å². The molecule has 5 nitrogen and oxygen atoms in total. The van der Waals surface area contributed by atoms with Gasteiger partial charge < -0.3 is 5.32 Å². The third kappa shape index (κ3) is 6.58. The fourth-order valence-electron chi connectivity index (χ4n) is 1.87. The molecule has 124 valence electrons. The van der Waals surface area contributed by atoms with Gasteiger partial charge in [0.25, 0.3) is 0 Å². The fourth-order valence-corrected chi connectivity index (χ4v) is 3.28. The second-order valence-corrected chi connectivity index (χ2v) is 9.35. The number of anilines is 1. The zero-order valence-corrected chi connectivity index (χ0v) is 15.0. The van der Waals surface area contributed by atoms with Crippen LogP contribution in [-0.2, 0) is 14.8 Å². The minimum atomic E-state index is -3.55. The maximum absolute atomic E-state index is 12.2. The molecule has 1 aromatic carbocycles. The summed E-state index contributed by atoms with van der Waals surface area (Å²) in [6, 6.07) is 6.16. The molecular formula is C16H26N2O3S. The van der Waals surface area contributed by atoms with Gasteiger partial charge in [0.15, 0.2) is 0 Å². The summed E-state index contributed by atoms with van der Waals surface area (Å²) in [5, 5.41) is 2.77. The van der Waals surface area contributed by atoms with Gasteiger partial charge in [-0.05, 0) is 50.5 Å². The molecule has 0 heterocycles. The van der Waals surface area contributed by atoms with Gasteiger partial charge in [0, 0.05) is 17.6 Å². The summed E-state index contributed by atoms with van der Waals surface area (Å²) in [5.74, 6) is -0.0871. The molecule has 0 atom stereocenters. The summed E-state index contributed by atoms with van der Waals surface area (Å²) in [6.07, 6.45) is 0.401. The molecular weight excluding hydrogens is 300 g/mol. The summed E-state index contributed by atoms with van der Waals surface area (Å²) >= 11 is 0. The summed E-state index contributed by atoms with van der Waals surface area (Å²) < 4.78 is 26.9. The first-order valence-corrected chi connectivity index (χ1v) is 8.71. The van der Waals surface area contributed by atoms with Gasteiger partial charge in [-0.15, -0.1) is 0 Å². The number of benzene rings is 1. The van der Waals surface area contributed by atoms with Gasteiger partial charge in [0.2, 0.25) is 15.9 Å². The van der Waals surface area contributed by atoms with E-state index in [0.717, 1.165) is 0 Å². The van der Waals surface area contributed by atoms with Crippen molar-refractivity contribution in [3.63, 3.8) is 0 Å². The molecule has 1 aromatic rings. The highest BCUT2D eigenvalue weighted by Crippen LogP contribution is 2.20. The van der Waals surface area contributed by atoms with Crippen molar-refractivity contribution in [1.82, 2.24) is 4.72 Å². The maximum Gasteiger partial charge on any atom is 0.241 e. The monoisotopic (exact) mass is 326 g/mol. The zero-order valence-electron chi connectivity index (χ0n) is 14.1. The predicted octanol–water partition coefficient (Wildman–Crippen LogP) is 3.14. The first-order valence-electron chi connectivity index (χ1n) is 7.22. The fraction of sp³-hybridized carbons (Fsp3) is 0.562. The molecule has 0 spiro atoms. The van der Waals surface area contributed by atoms with Gasteiger partial charge in [-0.25, -0.2) is 13.1 Å². The van der Waals surface area contributed by atoms with Crippen molar-refractivity contribution < 1.29 is 13.2 Å². The summed E-state index contributed by atoms with van der Waals surface area (Å²) in [7, 11) is -3.55. The first kappa shape index (κ1) is 18.6. The van der Waals surface area contributed by atoms with Crippen LogP contribution in [0.15, 0.2) is 29.2 Å². The van der Waals surface area contributed by atoms with Crippen LogP contribution in [0.2, 0.25) is 0 Å². The third-order valence-electron chi connectivity index (χ3n) is 2.58. The van der Waals surface area contributed by atoms with Gasteiger partial charge >= 0.3 is 0 Å². The van der Waals surface area contributed by atoms with Gasteiger partial charge in [-0.2, -0.15) is 0 Å². The standard InChI is InChI=1S/C16H26N2O3S/c1-15(2,3)11-14(19)17-12-7-9-13(10-8-12)22(20,21)18-16(4,5)6/h7-10,18H,11H2,1-6H3,(H,17,19). The van der Waals surface area contributed by atoms with Crippen molar-refractivity contribution >= 4 is 21.6 Å². The average Bonchev–Trinajstić information content (AvgIpc) is 2.23. The Labute approximate surface area is 133 Å². The van der Waals surface area contributed by atoms with Gasteiger partial charge in [-0.3, -0.25) is 4.79 Å². The number of hydrogen-bond donors (Lipinski definition) is 2. The molecule has 2 N–H and O–H groups in total. The number of hydrogen-bond acceptors (Lipinski definition) is 3. The predicted molar refractivity (Wildman–Crippen MR) is 89.2 cm³/mol. The Morgan fingerprint density at radius 2 is 1.50 bits per heavy atom. The van der Waals surface area contributed by atoms with Crippen molar-refractivity contribution in [2.45, 2.75) is 58.4 Å². The Morgan fingerprint density at radius 1 is 1.00 bits per heavy atom. The van der Waals surface area contributed by atoms with Crippen LogP contribution in [0.25, 0.3) is 0 Å². The molecule has 0 radical (unpaired) electrons. The van der Waals surface area contributed by atoms with E-state index in [9.17, 15) is 13.2 Å². The summed E-state index contributed by atoms with van der Waals surface area (Å²) in [6.45, 7) is 11.3. The molecule has 0 saturated carbocycles. The summed E-state index contributed by atoms with van der Waals surface area (Å²) in [5.41, 5.74) is -0.0495. The van der Waals surface area contributed by atoms with Crippen LogP contribution in [0.4, 0.5) is 5.69 Å². The van der Waals surface area contributed by atoms with E-state index in [0.29, 0.717) is 12.1 Å². The van der Waals surface area contributed by atoms with Crippen LogP contribution >= 0.6 is 0 Å². The molecule has 0 aromatic heterocycles. The Hall–Kier alpha value is -1.40. The number of carbonyl (C=O) groups is 1. The maximum atomic E-state index is 12.2. The highest BCUT2D eigenvalue weighted by atomic mass is 32.2. The van der Waals surface area contributed by atoms with Crippen molar-refractivity contribution in [2.75, 3.05) is 5.32 Å². The van der Waals surface area contributed by atoms with E-state index in [4.69, 9.17) is 0 Å². The zero-order chi connectivity index (χ0) is 17.2. The molecule has 0 fully saturated rings. The molecule has 0 aliphatic heterocycles. The first-order chi connectivity index (χ1) is 9.78. The molecule has 1 amide bonds. The quantitative estimate of drug-likeness (QED) is 0.892. The van der Waals surface area contributed by atoms with Crippen molar-refractivity contribution in [1.29, 1.82) is 0 Å². The normalized spacial score (nSPS) is 13.0. The molecule has 0 bridgehead atoms. The number of rotatable bonds is 4. The highest BCUT2D eigenvalue weighted by Gasteiger charge is 2.22. The van der Waals surface area contributed by atoms with Crippen molar-refractivity contribution in [3.05, 3.63) is 24.3 Å². The van der Waals surface area contributed by atoms with E-state index in [1.165, 1.54) is 12.1 Å². The lowest BCUT2D eigenvalue weighted by atomic mass is 9.92. The molecule has 0 unspecified atom stereocenters. The lowest BCUT2D eigenvalue weighted by molar-refractivity contribution is -0.117. The Morgan fingerprint density at radius 3 is 1.91 bits per heavy atom. The molecule has 6 heteroatoms. The minimum absolute atomic E-state index is 0.0871. The van der Waals surface area contributed by atoms with E-state index in [-0.39, 0.29) is 16.2 Å². The number of amides is 1. The third-order valence-corrected chi connectivity index (χ3v) is 4.35. The molecule has 0 aliphatic carbocycles. The lowest BCUT2D eigenvalue weighted by Crippen LogP contribution is -2.40. The Balaban J connectivity index is 2.81. The smallest absolute Gasteiger partial charge is 0.241 e. The number of carbonyl (C=O) groups excluding carboxylic acids is 1. The molecule has 0 aliphatic rings. The Kier molecular flexibility index (Phi) is 5.41. The van der Waals surface area contributed by atoms with Crippen LogP contribution in [0, 0.1) is 5.41 Å². The van der Waals surface area contributed by atoms with E-state index in [1.54, 1.807) is 32.9 Å². The average molecular weight is 326 g/mol. The van der Waals surface area contributed by atoms with Gasteiger partial charge in [0.05, 0.1) is 4.90 Å². The van der Waals surface area contributed by atoms with Crippen LogP contribution in [-0.4, -0.2) is 19.9 Å². The topological polar surface area (TPSA) is 75.3 Å². The van der Waals surface area contributed by atoms with Crippen LogP contribution in [0.3, 0.4) is 0 Å². The molecule has 22 heavy (non-hydrogen) atoms. The number of sulfonamides is 1. The second kappa shape index (κ2) is 6.38. The lowest BCUT2D eigenvalue weighted by Gasteiger charge is -2.20. The molecule has 1 rings (SSSR count). The number of nitrogens with one attached hydrogen (secondary N) is 2. The summed E-state index contributed by atoms with van der Waals surface area (Å²) in [4.78, 5) is 12.0. The minimum Gasteiger partial charge on any atom is -0.326 e. The highest BCUT2D eigenvalue weighted by molar-refractivity contribution is 7.89. The van der Waals surface area contributed by atoms with Crippen LogP contribution in [0.5, 0.6) is 0 Å². The van der Waals surface area contributed by atoms with E-state index in [1.807, 2.05) is 20.8 Å². The van der Waals surface area contributed by atoms with Gasteiger partial charge in [-0.1, -0.05) is 20.8 Å². The van der Waals surface area contributed by atoms with E-state index >= 15 is 0 Å². The van der Waals surface area contributed by atoms with Crippen molar-refractivity contribution in [3.8, 4) is 0 Å².